The highest BCUT2D eigenvalue weighted by Gasteiger charge is 2.34. The number of nitrogens with two attached hydrogens (primary N) is 1. The van der Waals surface area contributed by atoms with Gasteiger partial charge in [0.25, 0.3) is 0 Å². The van der Waals surface area contributed by atoms with Crippen molar-refractivity contribution in [2.24, 2.45) is 17.1 Å². The van der Waals surface area contributed by atoms with Crippen LogP contribution in [0.25, 0.3) is 22.4 Å². The largest absolute Gasteiger partial charge is 0.356 e. The molecule has 0 aliphatic carbocycles. The van der Waals surface area contributed by atoms with E-state index in [-0.39, 0.29) is 25.8 Å². The van der Waals surface area contributed by atoms with Crippen LogP contribution in [0, 0.1) is 17.2 Å². The normalized spacial score (nSPS) is 19.0. The quantitative estimate of drug-likeness (QED) is 0.729. The Labute approximate surface area is 161 Å². The Morgan fingerprint density at radius 1 is 1.33 bits per heavy atom. The second kappa shape index (κ2) is 6.56. The summed E-state index contributed by atoms with van der Waals surface area (Å²) in [5, 5.41) is 7.79. The third-order valence-electron chi connectivity index (χ3n) is 5.45. The maximum atomic E-state index is 14.5. The molecule has 1 saturated heterocycles. The Hall–Kier alpha value is -2.54. The highest BCUT2D eigenvalue weighted by molar-refractivity contribution is 5.89. The van der Waals surface area contributed by atoms with Gasteiger partial charge in [0, 0.05) is 33.6 Å². The number of pyridine rings is 2. The van der Waals surface area contributed by atoms with Gasteiger partial charge in [-0.1, -0.05) is 20.8 Å². The zero-order valence-corrected chi connectivity index (χ0v) is 15.9. The molecular weight excluding hydrogens is 343 g/mol. The van der Waals surface area contributed by atoms with Crippen molar-refractivity contribution in [3.05, 3.63) is 36.3 Å². The molecule has 3 aromatic rings. The van der Waals surface area contributed by atoms with Crippen LogP contribution in [0.2, 0.25) is 0 Å². The molecule has 0 saturated carbocycles. The lowest BCUT2D eigenvalue weighted by Gasteiger charge is -2.32. The van der Waals surface area contributed by atoms with Gasteiger partial charge in [-0.2, -0.15) is 5.10 Å². The van der Waals surface area contributed by atoms with Gasteiger partial charge in [0.1, 0.15) is 11.5 Å². The number of anilines is 1. The van der Waals surface area contributed by atoms with Crippen molar-refractivity contribution in [3.8, 4) is 11.4 Å². The highest BCUT2D eigenvalue weighted by atomic mass is 19.1. The summed E-state index contributed by atoms with van der Waals surface area (Å²) in [7, 11) is 0. The first-order valence-electron chi connectivity index (χ1n) is 9.31. The average molecular weight is 372 g/mol. The van der Waals surface area contributed by atoms with E-state index in [1.165, 1.54) is 6.07 Å². The molecule has 1 aliphatic heterocycles. The van der Waals surface area contributed by atoms with Crippen LogP contribution in [0.1, 0.15) is 30.0 Å². The van der Waals surface area contributed by atoms with E-state index in [0.717, 1.165) is 30.7 Å². The van der Waals surface area contributed by atoms with Gasteiger partial charge in [0.05, 0.1) is 5.69 Å². The SMILES string of the molecule is CC(C)(C)C(N)C1CCN(c2ccc(F)c(-c3[nH]nc4ncccc34)n2)C1.[HH].[HH]. The van der Waals surface area contributed by atoms with Crippen molar-refractivity contribution < 1.29 is 7.24 Å². The minimum absolute atomic E-state index is 0. The zero-order chi connectivity index (χ0) is 19.2. The van der Waals surface area contributed by atoms with E-state index in [1.54, 1.807) is 12.3 Å². The topological polar surface area (TPSA) is 83.7 Å². The van der Waals surface area contributed by atoms with Crippen LogP contribution >= 0.6 is 0 Å². The first-order chi connectivity index (χ1) is 12.8. The third kappa shape index (κ3) is 3.27. The molecule has 0 spiro atoms. The summed E-state index contributed by atoms with van der Waals surface area (Å²) in [4.78, 5) is 11.0. The molecule has 1 aliphatic rings. The standard InChI is InChI=1S/C20H25FN6.2H2/c1-20(2,3)18(22)12-8-10-27(11-12)15-7-6-14(21)17(24-15)16-13-5-4-9-23-19(13)26-25-16;;/h4-7,9,12,18H,8,10-11,22H2,1-3H3,(H,23,25,26);2*1H. The fraction of sp³-hybridized carbons (Fsp3) is 0.450. The maximum absolute atomic E-state index is 14.5. The summed E-state index contributed by atoms with van der Waals surface area (Å²) in [6.45, 7) is 8.23. The van der Waals surface area contributed by atoms with E-state index < -0.39 is 0 Å². The highest BCUT2D eigenvalue weighted by Crippen LogP contribution is 2.33. The van der Waals surface area contributed by atoms with Crippen LogP contribution in [0.4, 0.5) is 10.2 Å². The van der Waals surface area contributed by atoms with Crippen LogP contribution in [-0.4, -0.2) is 39.3 Å². The molecule has 6 nitrogen and oxygen atoms in total. The van der Waals surface area contributed by atoms with Gasteiger partial charge >= 0.3 is 0 Å². The summed E-state index contributed by atoms with van der Waals surface area (Å²) >= 11 is 0. The lowest BCUT2D eigenvalue weighted by molar-refractivity contribution is 0.249. The number of fused-ring (bicyclic) bond motifs is 1. The number of aromatic nitrogens is 4. The van der Waals surface area contributed by atoms with E-state index in [2.05, 4.69) is 45.8 Å². The van der Waals surface area contributed by atoms with Crippen molar-refractivity contribution in [2.45, 2.75) is 33.2 Å². The molecule has 4 rings (SSSR count). The fourth-order valence-corrected chi connectivity index (χ4v) is 3.81. The van der Waals surface area contributed by atoms with E-state index in [1.807, 2.05) is 12.1 Å². The van der Waals surface area contributed by atoms with Gasteiger partial charge in [-0.05, 0) is 42.0 Å². The zero-order valence-electron chi connectivity index (χ0n) is 15.9. The first-order valence-corrected chi connectivity index (χ1v) is 9.31. The molecule has 7 heteroatoms. The van der Waals surface area contributed by atoms with Crippen molar-refractivity contribution in [2.75, 3.05) is 18.0 Å². The molecule has 1 fully saturated rings. The lowest BCUT2D eigenvalue weighted by atomic mass is 9.79. The van der Waals surface area contributed by atoms with Gasteiger partial charge in [-0.25, -0.2) is 14.4 Å². The Morgan fingerprint density at radius 2 is 2.15 bits per heavy atom. The van der Waals surface area contributed by atoms with Crippen molar-refractivity contribution in [1.29, 1.82) is 0 Å². The number of hydrogen-bond donors (Lipinski definition) is 2. The molecule has 3 N–H and O–H groups in total. The smallest absolute Gasteiger partial charge is 0.181 e. The van der Waals surface area contributed by atoms with Gasteiger partial charge in [-0.3, -0.25) is 5.10 Å². The van der Waals surface area contributed by atoms with Crippen LogP contribution < -0.4 is 10.6 Å². The third-order valence-corrected chi connectivity index (χ3v) is 5.45. The molecule has 2 unspecified atom stereocenters. The summed E-state index contributed by atoms with van der Waals surface area (Å²) < 4.78 is 14.5. The lowest BCUT2D eigenvalue weighted by Crippen LogP contribution is -2.42. The molecule has 4 heterocycles. The Kier molecular flexibility index (Phi) is 4.34. The minimum Gasteiger partial charge on any atom is -0.356 e. The number of nitrogens with zero attached hydrogens (tertiary/aromatic N) is 4. The van der Waals surface area contributed by atoms with Crippen molar-refractivity contribution in [1.82, 2.24) is 20.2 Å². The van der Waals surface area contributed by atoms with E-state index >= 15 is 0 Å². The number of aromatic amines is 1. The van der Waals surface area contributed by atoms with Crippen LogP contribution in [0.5, 0.6) is 0 Å². The fourth-order valence-electron chi connectivity index (χ4n) is 3.81. The van der Waals surface area contributed by atoms with Crippen molar-refractivity contribution in [3.63, 3.8) is 0 Å². The summed E-state index contributed by atoms with van der Waals surface area (Å²) in [6, 6.07) is 6.99. The molecule has 0 aromatic carbocycles. The van der Waals surface area contributed by atoms with Crippen LogP contribution in [0.3, 0.4) is 0 Å². The van der Waals surface area contributed by atoms with Gasteiger partial charge in [0.2, 0.25) is 0 Å². The Bertz CT molecular complexity index is 971. The minimum atomic E-state index is -0.379. The van der Waals surface area contributed by atoms with Gasteiger partial charge in [-0.15, -0.1) is 0 Å². The number of nitrogens with one attached hydrogen (secondary N) is 1. The van der Waals surface area contributed by atoms with E-state index in [0.29, 0.717) is 17.3 Å². The molecule has 0 radical (unpaired) electrons. The Balaban J connectivity index is 0.00000150. The number of rotatable bonds is 3. The van der Waals surface area contributed by atoms with Gasteiger partial charge in [0.15, 0.2) is 11.5 Å². The molecule has 2 atom stereocenters. The molecular formula is C20H29FN6. The van der Waals surface area contributed by atoms with Crippen LogP contribution in [0.15, 0.2) is 30.5 Å². The van der Waals surface area contributed by atoms with E-state index in [9.17, 15) is 4.39 Å². The van der Waals surface area contributed by atoms with Crippen molar-refractivity contribution >= 4 is 16.9 Å². The second-order valence-corrected chi connectivity index (χ2v) is 8.36. The number of hydrogen-bond acceptors (Lipinski definition) is 5. The molecule has 27 heavy (non-hydrogen) atoms. The Morgan fingerprint density at radius 3 is 2.93 bits per heavy atom. The first kappa shape index (κ1) is 17.9. The maximum Gasteiger partial charge on any atom is 0.181 e. The predicted molar refractivity (Wildman–Crippen MR) is 109 cm³/mol. The molecule has 0 amide bonds. The molecule has 146 valence electrons. The monoisotopic (exact) mass is 372 g/mol. The summed E-state index contributed by atoms with van der Waals surface area (Å²) in [5.74, 6) is 0.787. The molecule has 0 bridgehead atoms. The molecule has 3 aromatic heterocycles. The number of halogens is 1. The van der Waals surface area contributed by atoms with Crippen LogP contribution in [-0.2, 0) is 0 Å². The van der Waals surface area contributed by atoms with Gasteiger partial charge < -0.3 is 10.6 Å². The number of H-pyrrole nitrogens is 1. The summed E-state index contributed by atoms with van der Waals surface area (Å²) in [6.07, 6.45) is 2.68. The van der Waals surface area contributed by atoms with E-state index in [4.69, 9.17) is 5.73 Å². The summed E-state index contributed by atoms with van der Waals surface area (Å²) in [5.41, 5.74) is 7.90. The predicted octanol–water partition coefficient (Wildman–Crippen LogP) is 3.85. The second-order valence-electron chi connectivity index (χ2n) is 8.36. The average Bonchev–Trinajstić information content (AvgIpc) is 3.28.